The fraction of sp³-hybridized carbons (Fsp3) is 0.286. The van der Waals surface area contributed by atoms with E-state index in [9.17, 15) is 12.8 Å². The van der Waals surface area contributed by atoms with Crippen molar-refractivity contribution in [3.8, 4) is 0 Å². The van der Waals surface area contributed by atoms with Gasteiger partial charge in [-0.15, -0.1) is 11.3 Å². The second kappa shape index (κ2) is 7.13. The zero-order valence-corrected chi connectivity index (χ0v) is 13.0. The topological polar surface area (TPSA) is 72.2 Å². The summed E-state index contributed by atoms with van der Waals surface area (Å²) in [7, 11) is -3.50. The summed E-state index contributed by atoms with van der Waals surface area (Å²) in [5.74, 6) is -0.319. The molecule has 1 aromatic carbocycles. The molecule has 0 bridgehead atoms. The Labute approximate surface area is 127 Å². The molecule has 0 aliphatic rings. The van der Waals surface area contributed by atoms with Gasteiger partial charge in [-0.25, -0.2) is 17.5 Å². The molecule has 0 fully saturated rings. The Bertz CT molecular complexity index is 699. The Kier molecular flexibility index (Phi) is 5.46. The first-order chi connectivity index (χ1) is 10.0. The zero-order valence-electron chi connectivity index (χ0n) is 11.4. The number of rotatable bonds is 7. The third-order valence-corrected chi connectivity index (χ3v) is 5.99. The van der Waals surface area contributed by atoms with Crippen LogP contribution in [0.1, 0.15) is 10.4 Å². The fourth-order valence-electron chi connectivity index (χ4n) is 1.87. The summed E-state index contributed by atoms with van der Waals surface area (Å²) < 4.78 is 40.0. The van der Waals surface area contributed by atoms with E-state index in [0.717, 1.165) is 10.4 Å². The van der Waals surface area contributed by atoms with E-state index in [1.165, 1.54) is 23.5 Å². The minimum atomic E-state index is -3.50. The van der Waals surface area contributed by atoms with Crippen molar-refractivity contribution in [2.75, 3.05) is 13.1 Å². The van der Waals surface area contributed by atoms with Crippen molar-refractivity contribution in [3.63, 3.8) is 0 Å². The van der Waals surface area contributed by atoms with Crippen LogP contribution in [0.25, 0.3) is 0 Å². The van der Waals surface area contributed by atoms with E-state index < -0.39 is 10.0 Å². The third-order valence-electron chi connectivity index (χ3n) is 2.89. The minimum Gasteiger partial charge on any atom is -0.330 e. The molecule has 0 unspecified atom stereocenters. The summed E-state index contributed by atoms with van der Waals surface area (Å²) in [6.07, 6.45) is 1.11. The van der Waals surface area contributed by atoms with E-state index in [4.69, 9.17) is 5.73 Å². The van der Waals surface area contributed by atoms with Gasteiger partial charge in [0.05, 0.1) is 0 Å². The number of hydrogen-bond acceptors (Lipinski definition) is 4. The molecule has 0 atom stereocenters. The number of thiophene rings is 1. The van der Waals surface area contributed by atoms with Crippen LogP contribution < -0.4 is 10.5 Å². The molecule has 7 heteroatoms. The lowest BCUT2D eigenvalue weighted by Gasteiger charge is -2.05. The van der Waals surface area contributed by atoms with Gasteiger partial charge in [0.1, 0.15) is 10.0 Å². The molecule has 0 aliphatic carbocycles. The summed E-state index contributed by atoms with van der Waals surface area (Å²) in [4.78, 5) is 0.947. The lowest BCUT2D eigenvalue weighted by atomic mass is 10.1. The Morgan fingerprint density at radius 2 is 2.00 bits per heavy atom. The second-order valence-corrected chi connectivity index (χ2v) is 7.70. The highest BCUT2D eigenvalue weighted by Gasteiger charge is 2.16. The molecule has 2 rings (SSSR count). The highest BCUT2D eigenvalue weighted by molar-refractivity contribution is 7.91. The minimum absolute atomic E-state index is 0.232. The number of hydrogen-bond donors (Lipinski definition) is 2. The Hall–Kier alpha value is -1.28. The molecule has 4 nitrogen and oxygen atoms in total. The van der Waals surface area contributed by atoms with Crippen molar-refractivity contribution in [1.29, 1.82) is 0 Å². The number of benzene rings is 1. The van der Waals surface area contributed by atoms with Crippen LogP contribution in [0.2, 0.25) is 0 Å². The van der Waals surface area contributed by atoms with Crippen LogP contribution in [0.3, 0.4) is 0 Å². The van der Waals surface area contributed by atoms with Gasteiger partial charge in [0.25, 0.3) is 0 Å². The van der Waals surface area contributed by atoms with E-state index in [2.05, 4.69) is 4.72 Å². The van der Waals surface area contributed by atoms with E-state index in [1.54, 1.807) is 24.3 Å². The second-order valence-electron chi connectivity index (χ2n) is 4.54. The van der Waals surface area contributed by atoms with Crippen molar-refractivity contribution >= 4 is 21.4 Å². The van der Waals surface area contributed by atoms with E-state index in [0.29, 0.717) is 19.4 Å². The molecule has 0 radical (unpaired) electrons. The highest BCUT2D eigenvalue weighted by Crippen LogP contribution is 2.21. The van der Waals surface area contributed by atoms with Crippen LogP contribution in [0.15, 0.2) is 40.6 Å². The van der Waals surface area contributed by atoms with E-state index in [-0.39, 0.29) is 16.6 Å². The Balaban J connectivity index is 1.94. The molecule has 1 aromatic heterocycles. The number of nitrogens with two attached hydrogens (primary N) is 1. The highest BCUT2D eigenvalue weighted by atomic mass is 32.2. The maximum atomic E-state index is 13.0. The summed E-state index contributed by atoms with van der Waals surface area (Å²) in [5.41, 5.74) is 6.20. The number of halogens is 1. The monoisotopic (exact) mass is 328 g/mol. The first-order valence-corrected chi connectivity index (χ1v) is 8.84. The standard InChI is InChI=1S/C14H17FN2O2S2/c15-12-3-1-2-11(10-12)7-9-17-21(18,19)14-5-4-13(20-14)6-8-16/h1-5,10,17H,6-9,16H2. The van der Waals surface area contributed by atoms with Gasteiger partial charge in [-0.3, -0.25) is 0 Å². The average molecular weight is 328 g/mol. The van der Waals surface area contributed by atoms with Crippen LogP contribution in [0.5, 0.6) is 0 Å². The first kappa shape index (κ1) is 16.1. The fourth-order valence-corrected chi connectivity index (χ4v) is 4.32. The number of nitrogens with one attached hydrogen (secondary N) is 1. The largest absolute Gasteiger partial charge is 0.330 e. The quantitative estimate of drug-likeness (QED) is 0.815. The van der Waals surface area contributed by atoms with Crippen molar-refractivity contribution in [2.45, 2.75) is 17.1 Å². The lowest BCUT2D eigenvalue weighted by molar-refractivity contribution is 0.583. The average Bonchev–Trinajstić information content (AvgIpc) is 2.88. The SMILES string of the molecule is NCCc1ccc(S(=O)(=O)NCCc2cccc(F)c2)s1. The maximum Gasteiger partial charge on any atom is 0.250 e. The molecule has 0 spiro atoms. The third kappa shape index (κ3) is 4.60. The molecule has 21 heavy (non-hydrogen) atoms. The Morgan fingerprint density at radius 1 is 1.19 bits per heavy atom. The Morgan fingerprint density at radius 3 is 2.71 bits per heavy atom. The molecule has 2 aromatic rings. The molecule has 0 amide bonds. The van der Waals surface area contributed by atoms with Gasteiger partial charge < -0.3 is 5.73 Å². The van der Waals surface area contributed by atoms with Gasteiger partial charge in [0, 0.05) is 11.4 Å². The van der Waals surface area contributed by atoms with Crippen molar-refractivity contribution in [1.82, 2.24) is 4.72 Å². The van der Waals surface area contributed by atoms with Gasteiger partial charge >= 0.3 is 0 Å². The lowest BCUT2D eigenvalue weighted by Crippen LogP contribution is -2.25. The van der Waals surface area contributed by atoms with E-state index in [1.807, 2.05) is 0 Å². The summed E-state index contributed by atoms with van der Waals surface area (Å²) >= 11 is 1.22. The van der Waals surface area contributed by atoms with Crippen molar-refractivity contribution in [3.05, 3.63) is 52.7 Å². The van der Waals surface area contributed by atoms with Crippen LogP contribution in [0, 0.1) is 5.82 Å². The molecular formula is C14H17FN2O2S2. The number of sulfonamides is 1. The summed E-state index contributed by atoms with van der Waals surface area (Å²) in [6, 6.07) is 9.50. The van der Waals surface area contributed by atoms with Gasteiger partial charge in [-0.1, -0.05) is 12.1 Å². The van der Waals surface area contributed by atoms with Crippen molar-refractivity contribution in [2.24, 2.45) is 5.73 Å². The summed E-state index contributed by atoms with van der Waals surface area (Å²) in [5, 5.41) is 0. The predicted octanol–water partition coefficient (Wildman–Crippen LogP) is 1.91. The van der Waals surface area contributed by atoms with Crippen LogP contribution in [0.4, 0.5) is 4.39 Å². The van der Waals surface area contributed by atoms with Gasteiger partial charge in [0.15, 0.2) is 0 Å². The normalized spacial score (nSPS) is 11.7. The van der Waals surface area contributed by atoms with Crippen LogP contribution in [-0.4, -0.2) is 21.5 Å². The molecule has 3 N–H and O–H groups in total. The molecule has 0 aliphatic heterocycles. The zero-order chi connectivity index (χ0) is 15.3. The van der Waals surface area contributed by atoms with Gasteiger partial charge in [-0.2, -0.15) is 0 Å². The smallest absolute Gasteiger partial charge is 0.250 e. The van der Waals surface area contributed by atoms with Crippen LogP contribution >= 0.6 is 11.3 Å². The molecule has 114 valence electrons. The predicted molar refractivity (Wildman–Crippen MR) is 82.4 cm³/mol. The van der Waals surface area contributed by atoms with Crippen LogP contribution in [-0.2, 0) is 22.9 Å². The molecule has 0 saturated heterocycles. The van der Waals surface area contributed by atoms with Gasteiger partial charge in [-0.05, 0) is 49.2 Å². The van der Waals surface area contributed by atoms with Gasteiger partial charge in [0.2, 0.25) is 10.0 Å². The molecular weight excluding hydrogens is 311 g/mol. The van der Waals surface area contributed by atoms with Crippen molar-refractivity contribution < 1.29 is 12.8 Å². The maximum absolute atomic E-state index is 13.0. The molecule has 0 saturated carbocycles. The molecule has 1 heterocycles. The van der Waals surface area contributed by atoms with E-state index >= 15 is 0 Å². The first-order valence-electron chi connectivity index (χ1n) is 6.54. The summed E-state index contributed by atoms with van der Waals surface area (Å²) in [6.45, 7) is 0.725.